The van der Waals surface area contributed by atoms with Gasteiger partial charge in [-0.2, -0.15) is 0 Å². The molecule has 2 heteroatoms. The van der Waals surface area contributed by atoms with E-state index in [9.17, 15) is 0 Å². The molecule has 0 aliphatic rings. The van der Waals surface area contributed by atoms with E-state index in [-0.39, 0.29) is 0 Å². The normalized spacial score (nSPS) is 9.40. The summed E-state index contributed by atoms with van der Waals surface area (Å²) in [6.07, 6.45) is 0.947. The van der Waals surface area contributed by atoms with Gasteiger partial charge in [-0.25, -0.2) is 0 Å². The van der Waals surface area contributed by atoms with Crippen molar-refractivity contribution in [1.29, 1.82) is 0 Å². The molecule has 0 N–H and O–H groups in total. The molecule has 0 saturated heterocycles. The molecule has 0 radical (unpaired) electrons. The van der Waals surface area contributed by atoms with E-state index < -0.39 is 0 Å². The fourth-order valence-electron chi connectivity index (χ4n) is 0.871. The lowest BCUT2D eigenvalue weighted by Gasteiger charge is -2.00. The molecule has 0 fully saturated rings. The second-order valence-corrected chi connectivity index (χ2v) is 2.19. The first kappa shape index (κ1) is 7.42. The molecule has 0 aromatic heterocycles. The fraction of sp³-hybridized carbons (Fsp3) is 0.250. The maximum absolute atomic E-state index is 5.21. The molecule has 0 heterocycles. The highest BCUT2D eigenvalue weighted by Gasteiger charge is 1.97. The summed E-state index contributed by atoms with van der Waals surface area (Å²) in [6, 6.07) is 7.72. The van der Waals surface area contributed by atoms with Crippen LogP contribution in [0.2, 0.25) is 0 Å². The lowest BCUT2D eigenvalue weighted by Crippen LogP contribution is -1.83. The van der Waals surface area contributed by atoms with Gasteiger partial charge in [0.1, 0.15) is 17.6 Å². The first-order chi connectivity index (χ1) is 4.88. The Hall–Kier alpha value is -0.690. The van der Waals surface area contributed by atoms with Crippen molar-refractivity contribution in [1.82, 2.24) is 0 Å². The molecular formula is C8H9ClO. The Morgan fingerprint density at radius 3 is 2.60 bits per heavy atom. The predicted octanol–water partition coefficient (Wildman–Crippen LogP) is 2.78. The van der Waals surface area contributed by atoms with E-state index >= 15 is 0 Å². The summed E-state index contributed by atoms with van der Waals surface area (Å²) in [5.74, 6) is 0.756. The van der Waals surface area contributed by atoms with Crippen molar-refractivity contribution in [2.45, 2.75) is 13.3 Å². The van der Waals surface area contributed by atoms with Gasteiger partial charge >= 0.3 is 0 Å². The Morgan fingerprint density at radius 2 is 2.10 bits per heavy atom. The zero-order valence-electron chi connectivity index (χ0n) is 5.80. The van der Waals surface area contributed by atoms with Crippen LogP contribution in [0.25, 0.3) is 0 Å². The van der Waals surface area contributed by atoms with Gasteiger partial charge in [-0.1, -0.05) is 25.1 Å². The third-order valence-electron chi connectivity index (χ3n) is 1.44. The molecule has 0 saturated carbocycles. The second kappa shape index (κ2) is 3.47. The second-order valence-electron chi connectivity index (χ2n) is 2.04. The van der Waals surface area contributed by atoms with Crippen LogP contribution >= 0.6 is 11.9 Å². The summed E-state index contributed by atoms with van der Waals surface area (Å²) in [6.45, 7) is 2.06. The first-order valence-electron chi connectivity index (χ1n) is 3.25. The average molecular weight is 157 g/mol. The van der Waals surface area contributed by atoms with Gasteiger partial charge in [-0.3, -0.25) is 0 Å². The molecule has 0 unspecified atom stereocenters. The van der Waals surface area contributed by atoms with Gasteiger partial charge in [0.05, 0.1) is 0 Å². The van der Waals surface area contributed by atoms with Crippen LogP contribution in [0.1, 0.15) is 12.5 Å². The van der Waals surface area contributed by atoms with E-state index in [0.29, 0.717) is 0 Å². The summed E-state index contributed by atoms with van der Waals surface area (Å²) >= 11 is 5.21. The predicted molar refractivity (Wildman–Crippen MR) is 42.3 cm³/mol. The largest absolute Gasteiger partial charge is 0.385 e. The average Bonchev–Trinajstić information content (AvgIpc) is 2.04. The van der Waals surface area contributed by atoms with E-state index in [2.05, 4.69) is 11.2 Å². The molecule has 10 heavy (non-hydrogen) atoms. The molecule has 54 valence electrons. The van der Waals surface area contributed by atoms with Gasteiger partial charge in [0.15, 0.2) is 0 Å². The third-order valence-corrected chi connectivity index (χ3v) is 1.60. The van der Waals surface area contributed by atoms with Gasteiger partial charge in [-0.15, -0.1) is 0 Å². The maximum atomic E-state index is 5.21. The van der Waals surface area contributed by atoms with Gasteiger partial charge in [0.25, 0.3) is 0 Å². The van der Waals surface area contributed by atoms with E-state index in [1.165, 1.54) is 0 Å². The summed E-state index contributed by atoms with van der Waals surface area (Å²) in [7, 11) is 0. The molecule has 1 nitrogen and oxygen atoms in total. The minimum absolute atomic E-state index is 0.756. The lowest BCUT2D eigenvalue weighted by molar-refractivity contribution is 0.609. The monoisotopic (exact) mass is 156 g/mol. The third kappa shape index (κ3) is 1.42. The van der Waals surface area contributed by atoms with Crippen LogP contribution in [0, 0.1) is 0 Å². The summed E-state index contributed by atoms with van der Waals surface area (Å²) in [5, 5.41) is 0. The highest BCUT2D eigenvalue weighted by molar-refractivity contribution is 6.09. The SMILES string of the molecule is CCc1ccccc1OCl. The Bertz CT molecular complexity index is 187. The molecule has 1 aromatic carbocycles. The van der Waals surface area contributed by atoms with Crippen molar-refractivity contribution in [2.75, 3.05) is 0 Å². The quantitative estimate of drug-likeness (QED) is 0.640. The van der Waals surface area contributed by atoms with Crippen LogP contribution in [0.15, 0.2) is 24.3 Å². The summed E-state index contributed by atoms with van der Waals surface area (Å²) in [4.78, 5) is 0. The van der Waals surface area contributed by atoms with Crippen LogP contribution in [-0.2, 0) is 6.42 Å². The molecule has 1 aromatic rings. The molecule has 0 aliphatic carbocycles. The molecule has 0 bridgehead atoms. The van der Waals surface area contributed by atoms with Crippen LogP contribution in [0.3, 0.4) is 0 Å². The van der Waals surface area contributed by atoms with Gasteiger partial charge in [-0.05, 0) is 18.1 Å². The first-order valence-corrected chi connectivity index (χ1v) is 3.56. The Kier molecular flexibility index (Phi) is 2.57. The number of hydrogen-bond acceptors (Lipinski definition) is 1. The van der Waals surface area contributed by atoms with E-state index in [1.807, 2.05) is 24.3 Å². The summed E-state index contributed by atoms with van der Waals surface area (Å²) < 4.78 is 4.61. The topological polar surface area (TPSA) is 9.23 Å². The van der Waals surface area contributed by atoms with Crippen molar-refractivity contribution in [3.63, 3.8) is 0 Å². The molecule has 0 atom stereocenters. The van der Waals surface area contributed by atoms with Crippen molar-refractivity contribution >= 4 is 11.9 Å². The Balaban J connectivity index is 2.96. The highest BCUT2D eigenvalue weighted by atomic mass is 35.5. The van der Waals surface area contributed by atoms with Crippen molar-refractivity contribution < 1.29 is 4.29 Å². The zero-order chi connectivity index (χ0) is 7.40. The number of aryl methyl sites for hydroxylation is 1. The molecule has 0 aliphatic heterocycles. The fourth-order valence-corrected chi connectivity index (χ4v) is 1.02. The zero-order valence-corrected chi connectivity index (χ0v) is 6.56. The maximum Gasteiger partial charge on any atom is 0.149 e. The molecule has 1 rings (SSSR count). The smallest absolute Gasteiger partial charge is 0.149 e. The summed E-state index contributed by atoms with van der Waals surface area (Å²) in [5.41, 5.74) is 1.14. The number of rotatable bonds is 2. The molecular weight excluding hydrogens is 148 g/mol. The Morgan fingerprint density at radius 1 is 1.40 bits per heavy atom. The van der Waals surface area contributed by atoms with E-state index in [0.717, 1.165) is 17.7 Å². The van der Waals surface area contributed by atoms with E-state index in [1.54, 1.807) is 0 Å². The minimum Gasteiger partial charge on any atom is -0.385 e. The van der Waals surface area contributed by atoms with E-state index in [4.69, 9.17) is 11.9 Å². The van der Waals surface area contributed by atoms with Crippen LogP contribution in [-0.4, -0.2) is 0 Å². The van der Waals surface area contributed by atoms with Crippen LogP contribution in [0.5, 0.6) is 5.75 Å². The highest BCUT2D eigenvalue weighted by Crippen LogP contribution is 2.18. The standard InChI is InChI=1S/C8H9ClO/c1-2-7-5-3-4-6-8(7)10-9/h3-6H,2H2,1H3. The Labute approximate surface area is 65.8 Å². The van der Waals surface area contributed by atoms with Gasteiger partial charge in [0, 0.05) is 0 Å². The molecule has 0 spiro atoms. The van der Waals surface area contributed by atoms with Crippen molar-refractivity contribution in [3.8, 4) is 5.75 Å². The number of halogens is 1. The van der Waals surface area contributed by atoms with Crippen molar-refractivity contribution in [2.24, 2.45) is 0 Å². The lowest BCUT2D eigenvalue weighted by atomic mass is 10.1. The number of hydrogen-bond donors (Lipinski definition) is 0. The number of para-hydroxylation sites is 1. The van der Waals surface area contributed by atoms with Crippen LogP contribution < -0.4 is 4.29 Å². The van der Waals surface area contributed by atoms with Crippen molar-refractivity contribution in [3.05, 3.63) is 29.8 Å². The number of benzene rings is 1. The minimum atomic E-state index is 0.756. The van der Waals surface area contributed by atoms with Gasteiger partial charge < -0.3 is 4.29 Å². The van der Waals surface area contributed by atoms with Gasteiger partial charge in [0.2, 0.25) is 0 Å². The van der Waals surface area contributed by atoms with Crippen LogP contribution in [0.4, 0.5) is 0 Å². The molecule has 0 amide bonds.